The molecule has 12 heavy (non-hydrogen) atoms. The van der Waals surface area contributed by atoms with Gasteiger partial charge in [-0.05, 0) is 0 Å². The second-order valence-corrected chi connectivity index (χ2v) is 3.37. The number of hydrogen-bond donors (Lipinski definition) is 0. The van der Waals surface area contributed by atoms with E-state index >= 15 is 0 Å². The average Bonchev–Trinajstić information content (AvgIpc) is 2.11. The third-order valence-electron chi connectivity index (χ3n) is 0.773. The van der Waals surface area contributed by atoms with Crippen LogP contribution in [0.3, 0.4) is 0 Å². The molecule has 0 aliphatic carbocycles. The fourth-order valence-corrected chi connectivity index (χ4v) is 1.21. The SMILES string of the molecule is C=CCOCCOP(OCl)OCl. The minimum Gasteiger partial charge on any atom is -0.375 e. The monoisotopic (exact) mass is 234 g/mol. The van der Waals surface area contributed by atoms with Crippen molar-refractivity contribution >= 4 is 32.3 Å². The van der Waals surface area contributed by atoms with Crippen molar-refractivity contribution in [1.29, 1.82) is 0 Å². The topological polar surface area (TPSA) is 36.9 Å². The molecular formula is C5H9Cl2O4P. The lowest BCUT2D eigenvalue weighted by Gasteiger charge is -2.07. The summed E-state index contributed by atoms with van der Waals surface area (Å²) >= 11 is 9.89. The molecule has 0 aromatic rings. The molecular weight excluding hydrogens is 226 g/mol. The first kappa shape index (κ1) is 12.6. The van der Waals surface area contributed by atoms with Crippen molar-refractivity contribution in [2.75, 3.05) is 19.8 Å². The zero-order valence-corrected chi connectivity index (χ0v) is 8.65. The molecule has 0 aromatic carbocycles. The van der Waals surface area contributed by atoms with Gasteiger partial charge in [-0.1, -0.05) is 6.08 Å². The first-order valence-electron chi connectivity index (χ1n) is 3.04. The average molecular weight is 235 g/mol. The van der Waals surface area contributed by atoms with Crippen LogP contribution in [0.25, 0.3) is 0 Å². The van der Waals surface area contributed by atoms with E-state index in [1.165, 1.54) is 0 Å². The van der Waals surface area contributed by atoms with Crippen LogP contribution in [-0.4, -0.2) is 19.8 Å². The Morgan fingerprint density at radius 3 is 2.42 bits per heavy atom. The van der Waals surface area contributed by atoms with Crippen molar-refractivity contribution in [3.63, 3.8) is 0 Å². The van der Waals surface area contributed by atoms with Crippen molar-refractivity contribution in [2.24, 2.45) is 0 Å². The van der Waals surface area contributed by atoms with E-state index < -0.39 is 8.60 Å². The summed E-state index contributed by atoms with van der Waals surface area (Å²) in [6.45, 7) is 4.66. The van der Waals surface area contributed by atoms with Crippen LogP contribution in [0.4, 0.5) is 0 Å². The van der Waals surface area contributed by atoms with Crippen LogP contribution in [0, 0.1) is 0 Å². The number of hydrogen-bond acceptors (Lipinski definition) is 4. The second kappa shape index (κ2) is 9.68. The highest BCUT2D eigenvalue weighted by atomic mass is 35.5. The van der Waals surface area contributed by atoms with Crippen LogP contribution in [0.1, 0.15) is 0 Å². The van der Waals surface area contributed by atoms with Gasteiger partial charge in [0.25, 0.3) is 0 Å². The van der Waals surface area contributed by atoms with E-state index in [2.05, 4.69) is 14.7 Å². The van der Waals surface area contributed by atoms with Crippen molar-refractivity contribution in [1.82, 2.24) is 0 Å². The minimum absolute atomic E-state index is 0.305. The van der Waals surface area contributed by atoms with Crippen molar-refractivity contribution in [3.05, 3.63) is 12.7 Å². The van der Waals surface area contributed by atoms with E-state index in [4.69, 9.17) is 33.0 Å². The van der Waals surface area contributed by atoms with Crippen LogP contribution in [-0.2, 0) is 17.4 Å². The third-order valence-corrected chi connectivity index (χ3v) is 2.07. The highest BCUT2D eigenvalue weighted by molar-refractivity contribution is 7.43. The van der Waals surface area contributed by atoms with Gasteiger partial charge in [-0.15, -0.1) is 6.58 Å². The quantitative estimate of drug-likeness (QED) is 0.368. The molecule has 0 aromatic heterocycles. The molecule has 0 atom stereocenters. The molecule has 0 unspecified atom stereocenters. The van der Waals surface area contributed by atoms with Gasteiger partial charge in [-0.25, -0.2) is 0 Å². The van der Waals surface area contributed by atoms with Crippen LogP contribution < -0.4 is 0 Å². The van der Waals surface area contributed by atoms with Crippen molar-refractivity contribution < 1.29 is 17.4 Å². The Hall–Kier alpha value is 0.590. The Bertz CT molecular complexity index is 112. The zero-order valence-electron chi connectivity index (χ0n) is 6.24. The summed E-state index contributed by atoms with van der Waals surface area (Å²) in [5, 5.41) is 0. The van der Waals surface area contributed by atoms with Gasteiger partial charge in [0.15, 0.2) is 0 Å². The molecule has 0 fully saturated rings. The largest absolute Gasteiger partial charge is 0.375 e. The summed E-state index contributed by atoms with van der Waals surface area (Å²) in [5.41, 5.74) is 0. The first-order chi connectivity index (χ1) is 5.85. The fraction of sp³-hybridized carbons (Fsp3) is 0.600. The maximum atomic E-state index is 4.99. The molecule has 0 aliphatic heterocycles. The standard InChI is InChI=1S/C5H9Cl2O4P/c1-2-3-8-4-5-9-12(10-6)11-7/h2H,1,3-5H2. The Morgan fingerprint density at radius 2 is 1.92 bits per heavy atom. The van der Waals surface area contributed by atoms with Crippen molar-refractivity contribution in [3.8, 4) is 0 Å². The van der Waals surface area contributed by atoms with E-state index in [1.54, 1.807) is 6.08 Å². The van der Waals surface area contributed by atoms with Crippen LogP contribution in [0.5, 0.6) is 0 Å². The van der Waals surface area contributed by atoms with Crippen LogP contribution in [0.15, 0.2) is 12.7 Å². The molecule has 0 saturated heterocycles. The summed E-state index contributed by atoms with van der Waals surface area (Å²) in [7, 11) is -1.65. The predicted octanol–water partition coefficient (Wildman–Crippen LogP) is 2.77. The van der Waals surface area contributed by atoms with Gasteiger partial charge in [0, 0.05) is 0 Å². The third kappa shape index (κ3) is 7.25. The Morgan fingerprint density at radius 1 is 1.25 bits per heavy atom. The Kier molecular flexibility index (Phi) is 10.2. The Labute approximate surface area is 82.7 Å². The molecule has 0 heterocycles. The maximum absolute atomic E-state index is 4.99. The lowest BCUT2D eigenvalue weighted by atomic mass is 10.7. The lowest BCUT2D eigenvalue weighted by Crippen LogP contribution is -2.01. The molecule has 0 amide bonds. The summed E-state index contributed by atoms with van der Waals surface area (Å²) in [5.74, 6) is 0. The normalized spacial score (nSPS) is 10.6. The number of halogens is 2. The molecule has 0 radical (unpaired) electrons. The molecule has 0 N–H and O–H groups in total. The van der Waals surface area contributed by atoms with Gasteiger partial charge in [-0.3, -0.25) is 0 Å². The molecule has 7 heteroatoms. The highest BCUT2D eigenvalue weighted by Gasteiger charge is 2.10. The summed E-state index contributed by atoms with van der Waals surface area (Å²) in [6, 6.07) is 0. The molecule has 0 rings (SSSR count). The zero-order chi connectivity index (χ0) is 9.23. The molecule has 0 saturated carbocycles. The molecule has 72 valence electrons. The minimum atomic E-state index is -1.65. The van der Waals surface area contributed by atoms with Gasteiger partial charge in [0.1, 0.15) is 0 Å². The smallest absolute Gasteiger partial charge is 0.368 e. The summed E-state index contributed by atoms with van der Waals surface area (Å²) < 4.78 is 18.3. The second-order valence-electron chi connectivity index (χ2n) is 1.56. The van der Waals surface area contributed by atoms with Gasteiger partial charge >= 0.3 is 8.60 Å². The first-order valence-corrected chi connectivity index (χ1v) is 4.75. The predicted molar refractivity (Wildman–Crippen MR) is 47.8 cm³/mol. The lowest BCUT2D eigenvalue weighted by molar-refractivity contribution is 0.117. The molecule has 4 nitrogen and oxygen atoms in total. The summed E-state index contributed by atoms with van der Waals surface area (Å²) in [6.07, 6.45) is 1.64. The fourth-order valence-electron chi connectivity index (χ4n) is 0.388. The number of rotatable bonds is 8. The highest BCUT2D eigenvalue weighted by Crippen LogP contribution is 2.41. The maximum Gasteiger partial charge on any atom is 0.368 e. The van der Waals surface area contributed by atoms with Gasteiger partial charge < -0.3 is 9.26 Å². The van der Waals surface area contributed by atoms with Gasteiger partial charge in [-0.2, -0.15) is 8.15 Å². The summed E-state index contributed by atoms with van der Waals surface area (Å²) in [4.78, 5) is 0. The van der Waals surface area contributed by atoms with E-state index in [0.717, 1.165) is 0 Å². The molecule has 0 spiro atoms. The van der Waals surface area contributed by atoms with E-state index in [9.17, 15) is 0 Å². The Balaban J connectivity index is 3.11. The molecule has 0 aliphatic rings. The molecule has 0 bridgehead atoms. The van der Waals surface area contributed by atoms with E-state index in [0.29, 0.717) is 19.8 Å². The van der Waals surface area contributed by atoms with Gasteiger partial charge in [0.05, 0.1) is 43.6 Å². The number of ether oxygens (including phenoxy) is 1. The van der Waals surface area contributed by atoms with E-state index in [-0.39, 0.29) is 0 Å². The van der Waals surface area contributed by atoms with Gasteiger partial charge in [0.2, 0.25) is 0 Å². The van der Waals surface area contributed by atoms with Crippen LogP contribution in [0.2, 0.25) is 0 Å². The van der Waals surface area contributed by atoms with E-state index in [1.807, 2.05) is 0 Å². The van der Waals surface area contributed by atoms with Crippen LogP contribution >= 0.6 is 32.3 Å². The van der Waals surface area contributed by atoms with Crippen molar-refractivity contribution in [2.45, 2.75) is 0 Å².